The van der Waals surface area contributed by atoms with Crippen molar-refractivity contribution >= 4 is 17.5 Å². The van der Waals surface area contributed by atoms with Crippen LogP contribution in [-0.2, 0) is 20.7 Å². The van der Waals surface area contributed by atoms with Crippen LogP contribution in [0.3, 0.4) is 0 Å². The maximum atomic E-state index is 12.6. The van der Waals surface area contributed by atoms with Crippen molar-refractivity contribution in [2.24, 2.45) is 5.92 Å². The summed E-state index contributed by atoms with van der Waals surface area (Å²) < 4.78 is 5.82. The van der Waals surface area contributed by atoms with Crippen LogP contribution in [0.25, 0.3) is 0 Å². The van der Waals surface area contributed by atoms with Gasteiger partial charge in [0.05, 0.1) is 24.7 Å². The van der Waals surface area contributed by atoms with E-state index in [1.165, 1.54) is 0 Å². The van der Waals surface area contributed by atoms with Crippen molar-refractivity contribution in [3.8, 4) is 0 Å². The molecule has 0 radical (unpaired) electrons. The van der Waals surface area contributed by atoms with Crippen molar-refractivity contribution in [3.05, 3.63) is 29.8 Å². The molecule has 1 aromatic carbocycles. The van der Waals surface area contributed by atoms with E-state index in [0.29, 0.717) is 45.4 Å². The monoisotopic (exact) mass is 388 g/mol. The maximum absolute atomic E-state index is 12.6. The predicted molar refractivity (Wildman–Crippen MR) is 103 cm³/mol. The lowest BCUT2D eigenvalue weighted by atomic mass is 9.80. The van der Waals surface area contributed by atoms with Crippen molar-refractivity contribution in [1.29, 1.82) is 0 Å². The number of carbonyl (C=O) groups excluding carboxylic acids is 2. The van der Waals surface area contributed by atoms with E-state index in [0.717, 1.165) is 24.1 Å². The molecule has 2 heterocycles. The number of hydrogen-bond acceptors (Lipinski definition) is 5. The molecule has 1 spiro atoms. The Morgan fingerprint density at radius 3 is 2.43 bits per heavy atom. The van der Waals surface area contributed by atoms with Crippen LogP contribution in [0.15, 0.2) is 24.3 Å². The highest BCUT2D eigenvalue weighted by atomic mass is 16.5. The molecule has 0 unspecified atom stereocenters. The van der Waals surface area contributed by atoms with Gasteiger partial charge in [0.1, 0.15) is 6.10 Å². The third-order valence-electron chi connectivity index (χ3n) is 6.19. The Morgan fingerprint density at radius 1 is 1.11 bits per heavy atom. The van der Waals surface area contributed by atoms with Gasteiger partial charge >= 0.3 is 0 Å². The molecular weight excluding hydrogens is 360 g/mol. The largest absolute Gasteiger partial charge is 0.390 e. The fourth-order valence-corrected chi connectivity index (χ4v) is 4.13. The summed E-state index contributed by atoms with van der Waals surface area (Å²) in [6.07, 6.45) is 2.10. The maximum Gasteiger partial charge on any atom is 0.227 e. The van der Waals surface area contributed by atoms with Crippen LogP contribution >= 0.6 is 0 Å². The van der Waals surface area contributed by atoms with E-state index < -0.39 is 17.8 Å². The second-order valence-electron chi connectivity index (χ2n) is 8.23. The number of aliphatic hydroxyl groups excluding tert-OH is 2. The zero-order valence-corrected chi connectivity index (χ0v) is 16.0. The number of carbonyl (C=O) groups is 2. The number of rotatable bonds is 4. The van der Waals surface area contributed by atoms with Crippen molar-refractivity contribution in [2.75, 3.05) is 25.0 Å². The van der Waals surface area contributed by atoms with Crippen molar-refractivity contribution in [3.63, 3.8) is 0 Å². The molecule has 152 valence electrons. The molecule has 7 nitrogen and oxygen atoms in total. The van der Waals surface area contributed by atoms with Crippen LogP contribution in [-0.4, -0.2) is 64.4 Å². The third-order valence-corrected chi connectivity index (χ3v) is 6.19. The van der Waals surface area contributed by atoms with Gasteiger partial charge < -0.3 is 25.2 Å². The molecule has 1 aromatic rings. The Balaban J connectivity index is 1.29. The Bertz CT molecular complexity index is 723. The van der Waals surface area contributed by atoms with Gasteiger partial charge in [-0.1, -0.05) is 12.1 Å². The molecule has 3 aliphatic rings. The van der Waals surface area contributed by atoms with E-state index in [2.05, 4.69) is 5.32 Å². The Morgan fingerprint density at radius 2 is 1.79 bits per heavy atom. The minimum Gasteiger partial charge on any atom is -0.390 e. The quantitative estimate of drug-likeness (QED) is 0.717. The summed E-state index contributed by atoms with van der Waals surface area (Å²) >= 11 is 0. The van der Waals surface area contributed by atoms with Gasteiger partial charge in [-0.05, 0) is 49.8 Å². The number of hydrogen-bond donors (Lipinski definition) is 3. The molecule has 0 aromatic heterocycles. The van der Waals surface area contributed by atoms with Gasteiger partial charge in [0, 0.05) is 24.7 Å². The number of likely N-dealkylation sites (tertiary alicyclic amines) is 1. The van der Waals surface area contributed by atoms with Gasteiger partial charge in [0.15, 0.2) is 0 Å². The second kappa shape index (κ2) is 7.81. The van der Waals surface area contributed by atoms with Gasteiger partial charge in [-0.3, -0.25) is 9.59 Å². The van der Waals surface area contributed by atoms with Crippen LogP contribution in [0.5, 0.6) is 0 Å². The number of anilines is 1. The third kappa shape index (κ3) is 4.06. The lowest BCUT2D eigenvalue weighted by Gasteiger charge is -2.48. The average molecular weight is 388 g/mol. The van der Waals surface area contributed by atoms with Crippen LogP contribution in [0.2, 0.25) is 0 Å². The lowest BCUT2D eigenvalue weighted by molar-refractivity contribution is -0.214. The molecule has 3 N–H and O–H groups in total. The van der Waals surface area contributed by atoms with Gasteiger partial charge in [-0.25, -0.2) is 0 Å². The summed E-state index contributed by atoms with van der Waals surface area (Å²) in [5.41, 5.74) is 0.935. The minimum absolute atomic E-state index is 0.0375. The number of piperidine rings is 1. The summed E-state index contributed by atoms with van der Waals surface area (Å²) in [7, 11) is 0. The van der Waals surface area contributed by atoms with E-state index in [9.17, 15) is 19.8 Å². The summed E-state index contributed by atoms with van der Waals surface area (Å²) in [5.74, 6) is 0.273. The Kier molecular flexibility index (Phi) is 5.40. The van der Waals surface area contributed by atoms with Crippen molar-refractivity contribution < 1.29 is 24.5 Å². The molecule has 28 heavy (non-hydrogen) atoms. The zero-order valence-electron chi connectivity index (χ0n) is 16.0. The van der Waals surface area contributed by atoms with Gasteiger partial charge in [0.2, 0.25) is 11.8 Å². The van der Waals surface area contributed by atoms with E-state index in [1.807, 2.05) is 24.3 Å². The normalized spacial score (nSPS) is 26.9. The van der Waals surface area contributed by atoms with Crippen molar-refractivity contribution in [2.45, 2.75) is 56.3 Å². The molecule has 1 saturated carbocycles. The Hall–Kier alpha value is -1.96. The number of ether oxygens (including phenoxy) is 1. The first-order valence-corrected chi connectivity index (χ1v) is 10.1. The molecule has 2 aliphatic heterocycles. The summed E-state index contributed by atoms with van der Waals surface area (Å²) in [6, 6.07) is 7.41. The first kappa shape index (κ1) is 19.4. The number of nitrogens with zero attached hydrogens (tertiary/aromatic N) is 1. The van der Waals surface area contributed by atoms with Crippen LogP contribution in [0, 0.1) is 5.92 Å². The summed E-state index contributed by atoms with van der Waals surface area (Å²) in [6.45, 7) is 1.46. The molecular formula is C21H28N2O5. The highest BCUT2D eigenvalue weighted by molar-refractivity contribution is 5.94. The molecule has 7 heteroatoms. The average Bonchev–Trinajstić information content (AvgIpc) is 3.54. The van der Waals surface area contributed by atoms with Crippen molar-refractivity contribution in [1.82, 2.24) is 4.90 Å². The van der Waals surface area contributed by atoms with Gasteiger partial charge in [0.25, 0.3) is 0 Å². The van der Waals surface area contributed by atoms with E-state index in [4.69, 9.17) is 4.74 Å². The first-order chi connectivity index (χ1) is 13.5. The minimum atomic E-state index is -0.892. The summed E-state index contributed by atoms with van der Waals surface area (Å²) in [5, 5.41) is 23.2. The van der Waals surface area contributed by atoms with Gasteiger partial charge in [-0.2, -0.15) is 0 Å². The zero-order chi connectivity index (χ0) is 19.7. The number of amides is 2. The van der Waals surface area contributed by atoms with Crippen LogP contribution in [0.1, 0.15) is 37.7 Å². The summed E-state index contributed by atoms with van der Waals surface area (Å²) in [4.78, 5) is 26.2. The fraction of sp³-hybridized carbons (Fsp3) is 0.619. The smallest absolute Gasteiger partial charge is 0.227 e. The molecule has 0 bridgehead atoms. The molecule has 4 rings (SSSR count). The number of benzene rings is 1. The molecule has 3 fully saturated rings. The molecule has 2 atom stereocenters. The van der Waals surface area contributed by atoms with E-state index in [-0.39, 0.29) is 17.7 Å². The van der Waals surface area contributed by atoms with Crippen LogP contribution < -0.4 is 5.32 Å². The van der Waals surface area contributed by atoms with Gasteiger partial charge in [-0.15, -0.1) is 0 Å². The number of nitrogens with one attached hydrogen (secondary N) is 1. The highest BCUT2D eigenvalue weighted by Crippen LogP contribution is 2.35. The predicted octanol–water partition coefficient (Wildman–Crippen LogP) is 1.08. The lowest BCUT2D eigenvalue weighted by Crippen LogP contribution is -2.60. The topological polar surface area (TPSA) is 99.1 Å². The Labute approximate surface area is 164 Å². The first-order valence-electron chi connectivity index (χ1n) is 10.1. The van der Waals surface area contributed by atoms with Crippen LogP contribution in [0.4, 0.5) is 5.69 Å². The number of aliphatic hydroxyl groups is 2. The molecule has 2 amide bonds. The second-order valence-corrected chi connectivity index (χ2v) is 8.23. The molecule has 1 aliphatic carbocycles. The SMILES string of the molecule is O=C(Nc1ccc(CC(=O)N2CCC3(CC2)OCC[C@H](O)[C@@H]3O)cc1)C1CC1. The fourth-order valence-electron chi connectivity index (χ4n) is 4.13. The van der Waals surface area contributed by atoms with E-state index >= 15 is 0 Å². The standard InChI is InChI=1S/C21H28N2O5/c24-17-7-12-28-21(19(17)26)8-10-23(11-9-21)18(25)13-14-1-5-16(6-2-14)22-20(27)15-3-4-15/h1-2,5-6,15,17,19,24,26H,3-4,7-13H2,(H,22,27)/t17-,19-/m0/s1. The molecule has 2 saturated heterocycles. The highest BCUT2D eigenvalue weighted by Gasteiger charge is 2.48. The van der Waals surface area contributed by atoms with E-state index in [1.54, 1.807) is 4.90 Å².